The van der Waals surface area contributed by atoms with Gasteiger partial charge < -0.3 is 0 Å². The second kappa shape index (κ2) is 13.2. The number of allylic oxidation sites excluding steroid dienone is 2. The van der Waals surface area contributed by atoms with Crippen molar-refractivity contribution >= 4 is 28.5 Å². The monoisotopic (exact) mass is 676 g/mol. The van der Waals surface area contributed by atoms with Gasteiger partial charge in [0.2, 0.25) is 0 Å². The van der Waals surface area contributed by atoms with E-state index in [0.717, 1.165) is 6.42 Å². The van der Waals surface area contributed by atoms with Gasteiger partial charge in [0, 0.05) is 13.3 Å². The topological polar surface area (TPSA) is 0 Å². The second-order valence-corrected chi connectivity index (χ2v) is 14.5. The van der Waals surface area contributed by atoms with Crippen LogP contribution in [-0.2, 0) is 6.42 Å². The molecule has 0 N–H and O–H groups in total. The Morgan fingerprint density at radius 2 is 1.02 bits per heavy atom. The SMILES string of the molecule is C1=C2C=c3cc(-c4ccc(C(c5ccccc5)c5cc(-c6ccccc6)cc(-c6ccccc6)c5)cc4)ccc3=CC1Cc1cccc3cccc2c13.[HH]. The summed E-state index contributed by atoms with van der Waals surface area (Å²) in [5.74, 6) is 0.440. The second-order valence-electron chi connectivity index (χ2n) is 14.5. The lowest BCUT2D eigenvalue weighted by molar-refractivity contribution is 0.858. The van der Waals surface area contributed by atoms with Crippen molar-refractivity contribution in [3.8, 4) is 33.4 Å². The Bertz CT molecular complexity index is 2720. The van der Waals surface area contributed by atoms with Gasteiger partial charge >= 0.3 is 0 Å². The predicted molar refractivity (Wildman–Crippen MR) is 226 cm³/mol. The summed E-state index contributed by atoms with van der Waals surface area (Å²) in [4.78, 5) is 0. The molecule has 10 rings (SSSR count). The zero-order valence-corrected chi connectivity index (χ0v) is 29.5. The van der Waals surface area contributed by atoms with E-state index in [0.29, 0.717) is 5.92 Å². The molecule has 0 radical (unpaired) electrons. The van der Waals surface area contributed by atoms with Gasteiger partial charge in [-0.2, -0.15) is 0 Å². The lowest BCUT2D eigenvalue weighted by Crippen LogP contribution is -2.25. The van der Waals surface area contributed by atoms with Gasteiger partial charge in [0.1, 0.15) is 0 Å². The summed E-state index contributed by atoms with van der Waals surface area (Å²) in [5.41, 5.74) is 15.3. The van der Waals surface area contributed by atoms with Crippen molar-refractivity contribution in [3.63, 3.8) is 0 Å². The number of benzene rings is 8. The first-order valence-corrected chi connectivity index (χ1v) is 18.7. The van der Waals surface area contributed by atoms with Gasteiger partial charge in [0.15, 0.2) is 0 Å². The van der Waals surface area contributed by atoms with Gasteiger partial charge in [-0.1, -0.05) is 188 Å². The average molecular weight is 677 g/mol. The van der Waals surface area contributed by atoms with Crippen LogP contribution in [0.4, 0.5) is 0 Å². The summed E-state index contributed by atoms with van der Waals surface area (Å²) < 4.78 is 0. The van der Waals surface area contributed by atoms with Crippen molar-refractivity contribution in [2.45, 2.75) is 12.3 Å². The molecule has 2 atom stereocenters. The van der Waals surface area contributed by atoms with Crippen LogP contribution in [0.15, 0.2) is 194 Å². The first-order chi connectivity index (χ1) is 26.2. The molecule has 2 unspecified atom stereocenters. The number of fused-ring (bicyclic) bond motifs is 3. The van der Waals surface area contributed by atoms with Crippen LogP contribution in [0.3, 0.4) is 0 Å². The molecule has 0 aliphatic heterocycles. The van der Waals surface area contributed by atoms with Gasteiger partial charge in [-0.05, 0) is 113 Å². The smallest absolute Gasteiger partial charge is 0.0340 e. The van der Waals surface area contributed by atoms with E-state index in [9.17, 15) is 0 Å². The summed E-state index contributed by atoms with van der Waals surface area (Å²) in [7, 11) is 0. The summed E-state index contributed by atoms with van der Waals surface area (Å²) in [6, 6.07) is 69.4. The standard InChI is InChI=1S/C53H38.H2/c1-4-12-37(13-5-1)46-32-47(38-14-6-2-7-15-38)35-50(34-46)52(40-16-8-3-9-17-40)42-24-22-39(23-25-42)44-27-26-43-28-36-29-45-20-10-18-41-19-11-21-51(53(41)45)49(30-36)33-48(43)31-44;/h1-28,30-36,52H,29H2;1H. The molecule has 252 valence electrons. The number of hydrogen-bond donors (Lipinski definition) is 0. The predicted octanol–water partition coefficient (Wildman–Crippen LogP) is 12.1. The van der Waals surface area contributed by atoms with Crippen molar-refractivity contribution in [3.05, 3.63) is 232 Å². The van der Waals surface area contributed by atoms with E-state index in [-0.39, 0.29) is 7.34 Å². The molecule has 2 aliphatic carbocycles. The third-order valence-electron chi connectivity index (χ3n) is 11.2. The molecule has 53 heavy (non-hydrogen) atoms. The molecule has 0 aromatic heterocycles. The Labute approximate surface area is 312 Å². The lowest BCUT2D eigenvalue weighted by Gasteiger charge is -2.22. The molecule has 0 amide bonds. The quantitative estimate of drug-likeness (QED) is 0.154. The summed E-state index contributed by atoms with van der Waals surface area (Å²) in [6.45, 7) is 0. The van der Waals surface area contributed by atoms with E-state index >= 15 is 0 Å². The minimum atomic E-state index is 0. The maximum Gasteiger partial charge on any atom is 0.0340 e. The summed E-state index contributed by atoms with van der Waals surface area (Å²) in [5, 5.41) is 5.32. The first-order valence-electron chi connectivity index (χ1n) is 18.7. The highest BCUT2D eigenvalue weighted by Gasteiger charge is 2.21. The molecular formula is C53H40. The van der Waals surface area contributed by atoms with Crippen LogP contribution in [0.2, 0.25) is 0 Å². The van der Waals surface area contributed by atoms with Crippen LogP contribution >= 0.6 is 0 Å². The molecule has 0 nitrogen and oxygen atoms in total. The zero-order valence-electron chi connectivity index (χ0n) is 29.5. The van der Waals surface area contributed by atoms with Crippen molar-refractivity contribution in [2.75, 3.05) is 0 Å². The molecule has 0 heterocycles. The van der Waals surface area contributed by atoms with Crippen LogP contribution < -0.4 is 10.4 Å². The lowest BCUT2D eigenvalue weighted by atomic mass is 9.82. The van der Waals surface area contributed by atoms with E-state index in [4.69, 9.17) is 0 Å². The minimum absolute atomic E-state index is 0. The molecule has 8 aromatic carbocycles. The Morgan fingerprint density at radius 1 is 0.415 bits per heavy atom. The van der Waals surface area contributed by atoms with Gasteiger partial charge in [-0.15, -0.1) is 0 Å². The van der Waals surface area contributed by atoms with Crippen molar-refractivity contribution < 1.29 is 1.43 Å². The Balaban J connectivity index is 0.00000384. The van der Waals surface area contributed by atoms with E-state index in [2.05, 4.69) is 206 Å². The Kier molecular flexibility index (Phi) is 7.81. The molecule has 2 aliphatic rings. The van der Waals surface area contributed by atoms with Crippen molar-refractivity contribution in [2.24, 2.45) is 5.92 Å². The fraction of sp³-hybridized carbons (Fsp3) is 0.0566. The molecule has 0 saturated carbocycles. The summed E-state index contributed by atoms with van der Waals surface area (Å²) in [6.07, 6.45) is 8.38. The molecule has 2 bridgehead atoms. The van der Waals surface area contributed by atoms with E-state index < -0.39 is 0 Å². The number of rotatable bonds is 6. The Hall–Kier alpha value is -6.50. The molecular weight excluding hydrogens is 637 g/mol. The molecule has 0 saturated heterocycles. The van der Waals surface area contributed by atoms with Gasteiger partial charge in [0.25, 0.3) is 0 Å². The van der Waals surface area contributed by atoms with Crippen LogP contribution in [0, 0.1) is 5.92 Å². The van der Waals surface area contributed by atoms with E-state index in [1.165, 1.54) is 88.0 Å². The largest absolute Gasteiger partial charge is 0.0694 e. The van der Waals surface area contributed by atoms with E-state index in [1.807, 2.05) is 0 Å². The highest BCUT2D eigenvalue weighted by Crippen LogP contribution is 2.39. The van der Waals surface area contributed by atoms with Crippen LogP contribution in [0.1, 0.15) is 35.2 Å². The van der Waals surface area contributed by atoms with Gasteiger partial charge in [-0.3, -0.25) is 0 Å². The van der Waals surface area contributed by atoms with E-state index in [1.54, 1.807) is 0 Å². The fourth-order valence-corrected chi connectivity index (χ4v) is 8.63. The maximum atomic E-state index is 2.48. The van der Waals surface area contributed by atoms with Crippen LogP contribution in [0.5, 0.6) is 0 Å². The zero-order chi connectivity index (χ0) is 35.1. The number of hydrogen-bond acceptors (Lipinski definition) is 0. The first kappa shape index (κ1) is 31.3. The maximum absolute atomic E-state index is 2.48. The fourth-order valence-electron chi connectivity index (χ4n) is 8.63. The van der Waals surface area contributed by atoms with Crippen LogP contribution in [-0.4, -0.2) is 0 Å². The highest BCUT2D eigenvalue weighted by atomic mass is 14.2. The van der Waals surface area contributed by atoms with Gasteiger partial charge in [-0.25, -0.2) is 0 Å². The minimum Gasteiger partial charge on any atom is -0.0694 e. The van der Waals surface area contributed by atoms with Gasteiger partial charge in [0.05, 0.1) is 0 Å². The van der Waals surface area contributed by atoms with Crippen molar-refractivity contribution in [1.82, 2.24) is 0 Å². The molecule has 8 aromatic rings. The third-order valence-corrected chi connectivity index (χ3v) is 11.2. The molecule has 0 spiro atoms. The highest BCUT2D eigenvalue weighted by molar-refractivity contribution is 6.04. The van der Waals surface area contributed by atoms with Crippen molar-refractivity contribution in [1.29, 1.82) is 0 Å². The van der Waals surface area contributed by atoms with Crippen LogP contribution in [0.25, 0.3) is 61.9 Å². The molecule has 0 heteroatoms. The molecule has 0 fully saturated rings. The average Bonchev–Trinajstić information content (AvgIpc) is 3.50. The Morgan fingerprint density at radius 3 is 1.72 bits per heavy atom. The third kappa shape index (κ3) is 5.93. The normalized spacial score (nSPS) is 14.9. The summed E-state index contributed by atoms with van der Waals surface area (Å²) >= 11 is 0.